The molecule has 0 unspecified atom stereocenters. The Morgan fingerprint density at radius 3 is 1.81 bits per heavy atom. The van der Waals surface area contributed by atoms with Gasteiger partial charge in [0.05, 0.1) is 6.42 Å². The van der Waals surface area contributed by atoms with Crippen LogP contribution in [-0.2, 0) is 41.5 Å². The van der Waals surface area contributed by atoms with Crippen LogP contribution in [0.4, 0.5) is 4.79 Å². The van der Waals surface area contributed by atoms with Gasteiger partial charge in [0.25, 0.3) is 11.8 Å². The number of rotatable bonds is 15. The maximum Gasteiger partial charge on any atom is 0.407 e. The molecule has 11 nitrogen and oxygen atoms in total. The number of amides is 3. The van der Waals surface area contributed by atoms with Crippen LogP contribution < -0.4 is 16.0 Å². The molecule has 3 amide bonds. The lowest BCUT2D eigenvalue weighted by Crippen LogP contribution is -2.57. The van der Waals surface area contributed by atoms with Gasteiger partial charge in [-0.3, -0.25) is 14.4 Å². The largest absolute Gasteiger partial charge is 0.461 e. The van der Waals surface area contributed by atoms with Crippen molar-refractivity contribution < 1.29 is 38.2 Å². The molecule has 2 aromatic carbocycles. The standard InChI is InChI=1S/C30H43N3O8Si/c1-30(2,3)42(4,5)41-26(28(37)31-17-16-24(34)39-20-22-12-8-6-9-13-22)25(35)27(36)32-18-19-33-29(38)40-21-23-14-10-7-11-15-23/h6-15,25-26,35H,16-21H2,1-5H3,(H,31,37)(H,32,36)(H,33,38)/t25-,26+/m1/s1. The van der Waals surface area contributed by atoms with E-state index in [1.807, 2.05) is 94.5 Å². The number of carbonyl (C=O) groups excluding carboxylic acids is 4. The van der Waals surface area contributed by atoms with Gasteiger partial charge in [-0.25, -0.2) is 4.79 Å². The molecule has 230 valence electrons. The summed E-state index contributed by atoms with van der Waals surface area (Å²) in [5.41, 5.74) is 1.67. The number of ether oxygens (including phenoxy) is 2. The Morgan fingerprint density at radius 1 is 0.762 bits per heavy atom. The minimum absolute atomic E-state index is 0.0159. The van der Waals surface area contributed by atoms with Gasteiger partial charge < -0.3 is 35.0 Å². The lowest BCUT2D eigenvalue weighted by atomic mass is 10.1. The second-order valence-electron chi connectivity index (χ2n) is 11.2. The summed E-state index contributed by atoms with van der Waals surface area (Å²) in [7, 11) is -2.61. The van der Waals surface area contributed by atoms with E-state index in [-0.39, 0.29) is 44.3 Å². The molecule has 0 radical (unpaired) electrons. The lowest BCUT2D eigenvalue weighted by molar-refractivity contribution is -0.146. The Kier molecular flexibility index (Phi) is 13.6. The highest BCUT2D eigenvalue weighted by Crippen LogP contribution is 2.37. The van der Waals surface area contributed by atoms with Crippen molar-refractivity contribution in [3.63, 3.8) is 0 Å². The molecule has 0 aliphatic carbocycles. The van der Waals surface area contributed by atoms with Crippen LogP contribution in [0.1, 0.15) is 38.3 Å². The van der Waals surface area contributed by atoms with Gasteiger partial charge in [0.2, 0.25) is 0 Å². The smallest absolute Gasteiger partial charge is 0.407 e. The fourth-order valence-corrected chi connectivity index (χ4v) is 4.54. The summed E-state index contributed by atoms with van der Waals surface area (Å²) in [4.78, 5) is 49.9. The molecule has 42 heavy (non-hydrogen) atoms. The van der Waals surface area contributed by atoms with Crippen LogP contribution >= 0.6 is 0 Å². The highest BCUT2D eigenvalue weighted by Gasteiger charge is 2.44. The SMILES string of the molecule is CC(C)(C)[Si](C)(C)O[C@H](C(=O)NCCC(=O)OCc1ccccc1)[C@@H](O)C(=O)NCCNC(=O)OCc1ccccc1. The first-order valence-electron chi connectivity index (χ1n) is 13.9. The number of hydrogen-bond donors (Lipinski definition) is 4. The number of aliphatic hydroxyl groups is 1. The van der Waals surface area contributed by atoms with E-state index in [1.165, 1.54) is 0 Å². The number of benzene rings is 2. The van der Waals surface area contributed by atoms with Crippen LogP contribution in [-0.4, -0.2) is 69.1 Å². The normalized spacial score (nSPS) is 12.9. The number of hydrogen-bond acceptors (Lipinski definition) is 8. The number of nitrogens with one attached hydrogen (secondary N) is 3. The predicted molar refractivity (Wildman–Crippen MR) is 160 cm³/mol. The van der Waals surface area contributed by atoms with Gasteiger partial charge in [0.15, 0.2) is 20.5 Å². The molecule has 0 spiro atoms. The van der Waals surface area contributed by atoms with Crippen LogP contribution in [0.25, 0.3) is 0 Å². The second kappa shape index (κ2) is 16.6. The molecular formula is C30H43N3O8Si. The third-order valence-corrected chi connectivity index (χ3v) is 11.3. The average Bonchev–Trinajstić information content (AvgIpc) is 2.96. The molecule has 0 fully saturated rings. The number of carbonyl (C=O) groups is 4. The van der Waals surface area contributed by atoms with Crippen LogP contribution in [0.2, 0.25) is 18.1 Å². The molecular weight excluding hydrogens is 558 g/mol. The second-order valence-corrected chi connectivity index (χ2v) is 16.0. The van der Waals surface area contributed by atoms with E-state index in [0.717, 1.165) is 11.1 Å². The summed E-state index contributed by atoms with van der Waals surface area (Å²) in [6.07, 6.45) is -4.08. The minimum Gasteiger partial charge on any atom is -0.461 e. The van der Waals surface area contributed by atoms with E-state index >= 15 is 0 Å². The lowest BCUT2D eigenvalue weighted by Gasteiger charge is -2.39. The maximum atomic E-state index is 13.1. The van der Waals surface area contributed by atoms with E-state index in [4.69, 9.17) is 13.9 Å². The van der Waals surface area contributed by atoms with Crippen molar-refractivity contribution in [2.75, 3.05) is 19.6 Å². The van der Waals surface area contributed by atoms with Gasteiger partial charge >= 0.3 is 12.1 Å². The maximum absolute atomic E-state index is 13.1. The molecule has 0 aliphatic rings. The monoisotopic (exact) mass is 601 g/mol. The van der Waals surface area contributed by atoms with Gasteiger partial charge in [0.1, 0.15) is 13.2 Å². The number of esters is 1. The Bertz CT molecular complexity index is 1160. The van der Waals surface area contributed by atoms with E-state index in [1.54, 1.807) is 0 Å². The molecule has 4 N–H and O–H groups in total. The first-order chi connectivity index (χ1) is 19.8. The Hall–Kier alpha value is -3.74. The molecule has 0 saturated heterocycles. The highest BCUT2D eigenvalue weighted by atomic mass is 28.4. The summed E-state index contributed by atoms with van der Waals surface area (Å²) < 4.78 is 16.5. The Morgan fingerprint density at radius 2 is 1.26 bits per heavy atom. The molecule has 2 aromatic rings. The molecule has 0 aliphatic heterocycles. The van der Waals surface area contributed by atoms with Crippen molar-refractivity contribution in [2.45, 2.75) is 70.7 Å². The van der Waals surface area contributed by atoms with Crippen molar-refractivity contribution in [1.29, 1.82) is 0 Å². The van der Waals surface area contributed by atoms with Crippen molar-refractivity contribution in [3.05, 3.63) is 71.8 Å². The quantitative estimate of drug-likeness (QED) is 0.138. The topological polar surface area (TPSA) is 152 Å². The van der Waals surface area contributed by atoms with E-state index in [9.17, 15) is 24.3 Å². The first kappa shape index (κ1) is 34.5. The average molecular weight is 602 g/mol. The van der Waals surface area contributed by atoms with Crippen molar-refractivity contribution in [1.82, 2.24) is 16.0 Å². The molecule has 0 heterocycles. The van der Waals surface area contributed by atoms with Gasteiger partial charge in [-0.1, -0.05) is 81.4 Å². The minimum atomic E-state index is -2.61. The molecule has 12 heteroatoms. The predicted octanol–water partition coefficient (Wildman–Crippen LogP) is 3.03. The van der Waals surface area contributed by atoms with Crippen molar-refractivity contribution in [2.24, 2.45) is 0 Å². The number of aliphatic hydroxyl groups excluding tert-OH is 1. The summed E-state index contributed by atoms with van der Waals surface area (Å²) in [5.74, 6) is -2.06. The van der Waals surface area contributed by atoms with Gasteiger partial charge in [-0.05, 0) is 29.3 Å². The molecule has 2 atom stereocenters. The number of alkyl carbamates (subject to hydrolysis) is 1. The van der Waals surface area contributed by atoms with Gasteiger partial charge in [-0.2, -0.15) is 0 Å². The van der Waals surface area contributed by atoms with Crippen LogP contribution in [0.5, 0.6) is 0 Å². The van der Waals surface area contributed by atoms with Crippen molar-refractivity contribution >= 4 is 32.2 Å². The third-order valence-electron chi connectivity index (χ3n) is 6.82. The Balaban J connectivity index is 1.86. The van der Waals surface area contributed by atoms with Crippen LogP contribution in [0.15, 0.2) is 60.7 Å². The fraction of sp³-hybridized carbons (Fsp3) is 0.467. The Labute approximate surface area is 248 Å². The first-order valence-corrected chi connectivity index (χ1v) is 16.8. The van der Waals surface area contributed by atoms with Crippen molar-refractivity contribution in [3.8, 4) is 0 Å². The molecule has 0 bridgehead atoms. The fourth-order valence-electron chi connectivity index (χ4n) is 3.32. The van der Waals surface area contributed by atoms with Crippen LogP contribution in [0, 0.1) is 0 Å². The highest BCUT2D eigenvalue weighted by molar-refractivity contribution is 6.74. The summed E-state index contributed by atoms with van der Waals surface area (Å²) in [6.45, 7) is 9.85. The van der Waals surface area contributed by atoms with E-state index in [0.29, 0.717) is 0 Å². The van der Waals surface area contributed by atoms with E-state index < -0.39 is 44.4 Å². The molecule has 0 saturated carbocycles. The third kappa shape index (κ3) is 12.0. The zero-order valence-corrected chi connectivity index (χ0v) is 26.0. The summed E-state index contributed by atoms with van der Waals surface area (Å²) in [5, 5.41) is 18.1. The van der Waals surface area contributed by atoms with Gasteiger partial charge in [0, 0.05) is 19.6 Å². The van der Waals surface area contributed by atoms with Crippen LogP contribution in [0.3, 0.4) is 0 Å². The molecule has 2 rings (SSSR count). The van der Waals surface area contributed by atoms with Gasteiger partial charge in [-0.15, -0.1) is 0 Å². The zero-order chi connectivity index (χ0) is 31.2. The summed E-state index contributed by atoms with van der Waals surface area (Å²) in [6, 6.07) is 18.4. The summed E-state index contributed by atoms with van der Waals surface area (Å²) >= 11 is 0. The zero-order valence-electron chi connectivity index (χ0n) is 25.0. The molecule has 0 aromatic heterocycles. The van der Waals surface area contributed by atoms with E-state index in [2.05, 4.69) is 16.0 Å².